The molecule has 0 amide bonds. The monoisotopic (exact) mass is 380 g/mol. The molecule has 2 aromatic rings. The summed E-state index contributed by atoms with van der Waals surface area (Å²) in [6.45, 7) is 7.95. The summed E-state index contributed by atoms with van der Waals surface area (Å²) in [5.74, 6) is 1.94. The second-order valence-corrected chi connectivity index (χ2v) is 8.28. The molecule has 1 aromatic heterocycles. The van der Waals surface area contributed by atoms with Crippen LogP contribution in [-0.4, -0.2) is 52.2 Å². The van der Waals surface area contributed by atoms with Crippen molar-refractivity contribution in [3.05, 3.63) is 53.5 Å². The largest absolute Gasteiger partial charge is 0.383 e. The Kier molecular flexibility index (Phi) is 5.65. The standard InChI is InChI=1S/C23H32N4O/c1-3-9-21-24-18(2)16-22(25-21)27-15-12-23(28,19-10-5-4-6-11-19)20(17-27)26-13-7-8-14-26/h4-6,10-11,16,20,28H,3,7-9,12-15,17H2,1-2H3/t20-,23+/m1/s1. The summed E-state index contributed by atoms with van der Waals surface area (Å²) in [5, 5.41) is 11.8. The van der Waals surface area contributed by atoms with Crippen molar-refractivity contribution in [2.24, 2.45) is 0 Å². The zero-order valence-corrected chi connectivity index (χ0v) is 17.1. The summed E-state index contributed by atoms with van der Waals surface area (Å²) in [6, 6.07) is 12.4. The first kappa shape index (κ1) is 19.3. The van der Waals surface area contributed by atoms with Gasteiger partial charge in [0.05, 0.1) is 6.04 Å². The van der Waals surface area contributed by atoms with Gasteiger partial charge in [-0.2, -0.15) is 0 Å². The Morgan fingerprint density at radius 1 is 1.11 bits per heavy atom. The van der Waals surface area contributed by atoms with E-state index in [1.807, 2.05) is 25.1 Å². The van der Waals surface area contributed by atoms with Gasteiger partial charge in [-0.3, -0.25) is 4.90 Å². The number of piperidine rings is 1. The second-order valence-electron chi connectivity index (χ2n) is 8.28. The molecule has 1 aromatic carbocycles. The molecule has 4 rings (SSSR count). The van der Waals surface area contributed by atoms with Crippen LogP contribution < -0.4 is 4.90 Å². The lowest BCUT2D eigenvalue weighted by Gasteiger charge is -2.49. The molecule has 2 aliphatic heterocycles. The summed E-state index contributed by atoms with van der Waals surface area (Å²) in [4.78, 5) is 14.3. The first-order valence-electron chi connectivity index (χ1n) is 10.7. The first-order chi connectivity index (χ1) is 13.6. The van der Waals surface area contributed by atoms with Gasteiger partial charge in [0, 0.05) is 31.3 Å². The zero-order chi connectivity index (χ0) is 19.6. The number of hydrogen-bond donors (Lipinski definition) is 1. The number of aromatic nitrogens is 2. The first-order valence-corrected chi connectivity index (χ1v) is 10.7. The number of likely N-dealkylation sites (tertiary alicyclic amines) is 1. The van der Waals surface area contributed by atoms with Crippen LogP contribution in [0.15, 0.2) is 36.4 Å². The van der Waals surface area contributed by atoms with Crippen molar-refractivity contribution in [1.29, 1.82) is 0 Å². The predicted octanol–water partition coefficient (Wildman–Crippen LogP) is 3.30. The van der Waals surface area contributed by atoms with Gasteiger partial charge in [-0.05, 0) is 51.3 Å². The van der Waals surface area contributed by atoms with E-state index in [0.29, 0.717) is 6.42 Å². The fourth-order valence-electron chi connectivity index (χ4n) is 4.78. The molecule has 0 aliphatic carbocycles. The van der Waals surface area contributed by atoms with Crippen LogP contribution in [0.3, 0.4) is 0 Å². The maximum atomic E-state index is 11.8. The predicted molar refractivity (Wildman–Crippen MR) is 113 cm³/mol. The van der Waals surface area contributed by atoms with E-state index >= 15 is 0 Å². The highest BCUT2D eigenvalue weighted by atomic mass is 16.3. The van der Waals surface area contributed by atoms with Crippen LogP contribution >= 0.6 is 0 Å². The molecule has 3 heterocycles. The van der Waals surface area contributed by atoms with Crippen LogP contribution in [0.4, 0.5) is 5.82 Å². The highest BCUT2D eigenvalue weighted by Crippen LogP contribution is 2.38. The van der Waals surface area contributed by atoms with Gasteiger partial charge in [-0.25, -0.2) is 9.97 Å². The summed E-state index contributed by atoms with van der Waals surface area (Å²) in [6.07, 6.45) is 5.10. The van der Waals surface area contributed by atoms with Crippen LogP contribution in [0, 0.1) is 6.92 Å². The molecule has 5 heteroatoms. The van der Waals surface area contributed by atoms with E-state index in [2.05, 4.69) is 39.9 Å². The minimum atomic E-state index is -0.809. The van der Waals surface area contributed by atoms with E-state index in [0.717, 1.165) is 61.9 Å². The highest BCUT2D eigenvalue weighted by Gasteiger charge is 2.46. The van der Waals surface area contributed by atoms with Crippen LogP contribution in [0.25, 0.3) is 0 Å². The average Bonchev–Trinajstić information content (AvgIpc) is 3.23. The van der Waals surface area contributed by atoms with Crippen molar-refractivity contribution in [3.63, 3.8) is 0 Å². The Balaban J connectivity index is 1.64. The van der Waals surface area contributed by atoms with E-state index in [-0.39, 0.29) is 6.04 Å². The lowest BCUT2D eigenvalue weighted by Crippen LogP contribution is -2.60. The summed E-state index contributed by atoms with van der Waals surface area (Å²) < 4.78 is 0. The van der Waals surface area contributed by atoms with Crippen LogP contribution in [0.1, 0.15) is 49.7 Å². The van der Waals surface area contributed by atoms with Crippen molar-refractivity contribution in [1.82, 2.24) is 14.9 Å². The number of aliphatic hydroxyl groups is 1. The Morgan fingerprint density at radius 2 is 1.86 bits per heavy atom. The van der Waals surface area contributed by atoms with Gasteiger partial charge >= 0.3 is 0 Å². The van der Waals surface area contributed by atoms with Crippen molar-refractivity contribution < 1.29 is 5.11 Å². The van der Waals surface area contributed by atoms with Gasteiger partial charge in [0.1, 0.15) is 17.2 Å². The Labute approximate surface area is 168 Å². The molecule has 0 spiro atoms. The molecular formula is C23H32N4O. The average molecular weight is 381 g/mol. The Morgan fingerprint density at radius 3 is 2.57 bits per heavy atom. The summed E-state index contributed by atoms with van der Waals surface area (Å²) in [7, 11) is 0. The number of rotatable bonds is 5. The normalized spacial score (nSPS) is 26.0. The van der Waals surface area contributed by atoms with Crippen molar-refractivity contribution in [2.75, 3.05) is 31.1 Å². The SMILES string of the molecule is CCCc1nc(C)cc(N2CC[C@](O)(c3ccccc3)[C@H](N3CCCC3)C2)n1. The van der Waals surface area contributed by atoms with Crippen LogP contribution in [0.2, 0.25) is 0 Å². The molecule has 2 saturated heterocycles. The minimum absolute atomic E-state index is 0.0797. The van der Waals surface area contributed by atoms with Crippen molar-refractivity contribution >= 4 is 5.82 Å². The fraction of sp³-hybridized carbons (Fsp3) is 0.565. The molecule has 0 bridgehead atoms. The quantitative estimate of drug-likeness (QED) is 0.863. The van der Waals surface area contributed by atoms with E-state index in [1.165, 1.54) is 12.8 Å². The number of nitrogens with zero attached hydrogens (tertiary/aromatic N) is 4. The number of hydrogen-bond acceptors (Lipinski definition) is 5. The highest BCUT2D eigenvalue weighted by molar-refractivity contribution is 5.42. The van der Waals surface area contributed by atoms with Gasteiger partial charge in [0.15, 0.2) is 0 Å². The molecule has 1 N–H and O–H groups in total. The molecule has 0 unspecified atom stereocenters. The summed E-state index contributed by atoms with van der Waals surface area (Å²) in [5.41, 5.74) is 1.25. The number of aryl methyl sites for hydroxylation is 2. The Bertz CT molecular complexity index is 790. The molecule has 28 heavy (non-hydrogen) atoms. The van der Waals surface area contributed by atoms with E-state index in [9.17, 15) is 5.11 Å². The lowest BCUT2D eigenvalue weighted by molar-refractivity contribution is -0.0603. The molecule has 2 aliphatic rings. The van der Waals surface area contributed by atoms with Gasteiger partial charge < -0.3 is 10.0 Å². The molecule has 2 atom stereocenters. The molecule has 5 nitrogen and oxygen atoms in total. The molecular weight excluding hydrogens is 348 g/mol. The summed E-state index contributed by atoms with van der Waals surface area (Å²) >= 11 is 0. The van der Waals surface area contributed by atoms with Gasteiger partial charge in [-0.15, -0.1) is 0 Å². The van der Waals surface area contributed by atoms with Gasteiger partial charge in [0.2, 0.25) is 0 Å². The Hall–Kier alpha value is -1.98. The molecule has 0 saturated carbocycles. The second kappa shape index (κ2) is 8.18. The maximum Gasteiger partial charge on any atom is 0.132 e. The van der Waals surface area contributed by atoms with E-state index < -0.39 is 5.60 Å². The van der Waals surface area contributed by atoms with Crippen molar-refractivity contribution in [3.8, 4) is 0 Å². The minimum Gasteiger partial charge on any atom is -0.383 e. The topological polar surface area (TPSA) is 52.5 Å². The van der Waals surface area contributed by atoms with Gasteiger partial charge in [-0.1, -0.05) is 37.3 Å². The maximum absolute atomic E-state index is 11.8. The third kappa shape index (κ3) is 3.78. The van der Waals surface area contributed by atoms with Gasteiger partial charge in [0.25, 0.3) is 0 Å². The van der Waals surface area contributed by atoms with Crippen LogP contribution in [0.5, 0.6) is 0 Å². The van der Waals surface area contributed by atoms with Crippen LogP contribution in [-0.2, 0) is 12.0 Å². The third-order valence-electron chi connectivity index (χ3n) is 6.25. The third-order valence-corrected chi connectivity index (χ3v) is 6.25. The van der Waals surface area contributed by atoms with Crippen molar-refractivity contribution in [2.45, 2.75) is 57.6 Å². The smallest absolute Gasteiger partial charge is 0.132 e. The molecule has 2 fully saturated rings. The zero-order valence-electron chi connectivity index (χ0n) is 17.1. The lowest BCUT2D eigenvalue weighted by atomic mass is 9.79. The van der Waals surface area contributed by atoms with E-state index in [1.54, 1.807) is 0 Å². The fourth-order valence-corrected chi connectivity index (χ4v) is 4.78. The van der Waals surface area contributed by atoms with E-state index in [4.69, 9.17) is 4.98 Å². The number of anilines is 1. The molecule has 0 radical (unpaired) electrons. The number of benzene rings is 1. The molecule has 150 valence electrons.